The maximum atomic E-state index is 6.19. The monoisotopic (exact) mass is 298 g/mol. The van der Waals surface area contributed by atoms with Crippen molar-refractivity contribution >= 4 is 23.2 Å². The molecule has 0 aliphatic carbocycles. The molecule has 2 rings (SSSR count). The van der Waals surface area contributed by atoms with Gasteiger partial charge in [0.05, 0.1) is 11.7 Å². The Labute approximate surface area is 122 Å². The number of halogens is 2. The van der Waals surface area contributed by atoms with Crippen LogP contribution in [-0.4, -0.2) is 9.78 Å². The summed E-state index contributed by atoms with van der Waals surface area (Å²) >= 11 is 12.4. The second kappa shape index (κ2) is 6.39. The van der Waals surface area contributed by atoms with Crippen molar-refractivity contribution in [2.24, 2.45) is 5.84 Å². The highest BCUT2D eigenvalue weighted by molar-refractivity contribution is 6.36. The highest BCUT2D eigenvalue weighted by Gasteiger charge is 2.18. The van der Waals surface area contributed by atoms with E-state index < -0.39 is 0 Å². The van der Waals surface area contributed by atoms with Crippen molar-refractivity contribution in [3.8, 4) is 0 Å². The van der Waals surface area contributed by atoms with Crippen LogP contribution in [0.4, 0.5) is 0 Å². The molecular weight excluding hydrogens is 283 g/mol. The molecule has 1 atom stereocenters. The van der Waals surface area contributed by atoms with Crippen LogP contribution in [0.15, 0.2) is 30.5 Å². The Morgan fingerprint density at radius 1 is 1.32 bits per heavy atom. The first kappa shape index (κ1) is 14.3. The molecule has 4 nitrogen and oxygen atoms in total. The third-order valence-electron chi connectivity index (χ3n) is 3.08. The number of nitrogens with zero attached hydrogens (tertiary/aromatic N) is 2. The topological polar surface area (TPSA) is 55.9 Å². The largest absolute Gasteiger partial charge is 0.271 e. The number of aromatic nitrogens is 2. The van der Waals surface area contributed by atoms with E-state index in [9.17, 15) is 0 Å². The molecular formula is C13H16Cl2N4. The van der Waals surface area contributed by atoms with Gasteiger partial charge >= 0.3 is 0 Å². The van der Waals surface area contributed by atoms with E-state index in [0.717, 1.165) is 17.8 Å². The second-order valence-electron chi connectivity index (χ2n) is 4.20. The van der Waals surface area contributed by atoms with Crippen LogP contribution in [0.1, 0.15) is 24.2 Å². The standard InChI is InChI=1S/C13H16Cl2N4/c1-2-19-13(6-7-17-19)12(18-16)8-9-10(14)4-3-5-11(9)15/h3-7,12,18H,2,8,16H2,1H3. The summed E-state index contributed by atoms with van der Waals surface area (Å²) in [5.74, 6) is 5.66. The van der Waals surface area contributed by atoms with Crippen LogP contribution in [0.2, 0.25) is 10.0 Å². The van der Waals surface area contributed by atoms with E-state index in [1.54, 1.807) is 6.20 Å². The Balaban J connectivity index is 2.29. The molecule has 0 aliphatic rings. The summed E-state index contributed by atoms with van der Waals surface area (Å²) in [4.78, 5) is 0. The van der Waals surface area contributed by atoms with Gasteiger partial charge in [-0.05, 0) is 37.1 Å². The number of hydrogen-bond donors (Lipinski definition) is 2. The van der Waals surface area contributed by atoms with Crippen molar-refractivity contribution in [3.05, 3.63) is 51.8 Å². The SMILES string of the molecule is CCn1nccc1C(Cc1c(Cl)cccc1Cl)NN. The molecule has 0 amide bonds. The van der Waals surface area contributed by atoms with Gasteiger partial charge in [-0.3, -0.25) is 16.0 Å². The van der Waals surface area contributed by atoms with Crippen molar-refractivity contribution in [2.45, 2.75) is 25.9 Å². The fourth-order valence-electron chi connectivity index (χ4n) is 2.08. The maximum Gasteiger partial charge on any atom is 0.0670 e. The quantitative estimate of drug-likeness (QED) is 0.659. The maximum absolute atomic E-state index is 6.19. The summed E-state index contributed by atoms with van der Waals surface area (Å²) in [5, 5.41) is 5.54. The van der Waals surface area contributed by atoms with Crippen LogP contribution in [0.3, 0.4) is 0 Å². The average Bonchev–Trinajstić information content (AvgIpc) is 2.87. The van der Waals surface area contributed by atoms with E-state index in [1.165, 1.54) is 0 Å². The number of nitrogens with two attached hydrogens (primary N) is 1. The van der Waals surface area contributed by atoms with Crippen molar-refractivity contribution < 1.29 is 0 Å². The van der Waals surface area contributed by atoms with Crippen molar-refractivity contribution in [2.75, 3.05) is 0 Å². The molecule has 0 bridgehead atoms. The summed E-state index contributed by atoms with van der Waals surface area (Å²) in [5.41, 5.74) is 4.71. The third kappa shape index (κ3) is 3.09. The first-order valence-corrected chi connectivity index (χ1v) is 6.83. The van der Waals surface area contributed by atoms with Gasteiger partial charge in [-0.2, -0.15) is 5.10 Å². The van der Waals surface area contributed by atoms with Gasteiger partial charge in [-0.25, -0.2) is 0 Å². The van der Waals surface area contributed by atoms with Gasteiger partial charge in [-0.1, -0.05) is 29.3 Å². The minimum Gasteiger partial charge on any atom is -0.271 e. The highest BCUT2D eigenvalue weighted by Crippen LogP contribution is 2.29. The molecule has 0 fully saturated rings. The zero-order valence-corrected chi connectivity index (χ0v) is 12.1. The predicted molar refractivity (Wildman–Crippen MR) is 78.1 cm³/mol. The van der Waals surface area contributed by atoms with Crippen LogP contribution in [0.5, 0.6) is 0 Å². The van der Waals surface area contributed by atoms with Gasteiger partial charge in [0.15, 0.2) is 0 Å². The summed E-state index contributed by atoms with van der Waals surface area (Å²) < 4.78 is 1.90. The number of benzene rings is 1. The van der Waals surface area contributed by atoms with E-state index in [4.69, 9.17) is 29.0 Å². The molecule has 1 heterocycles. The third-order valence-corrected chi connectivity index (χ3v) is 3.79. The Bertz CT molecular complexity index is 533. The number of nitrogens with one attached hydrogen (secondary N) is 1. The Morgan fingerprint density at radius 2 is 2.00 bits per heavy atom. The number of rotatable bonds is 5. The number of hydrogen-bond acceptors (Lipinski definition) is 3. The highest BCUT2D eigenvalue weighted by atomic mass is 35.5. The van der Waals surface area contributed by atoms with Crippen molar-refractivity contribution in [3.63, 3.8) is 0 Å². The van der Waals surface area contributed by atoms with Gasteiger partial charge in [0, 0.05) is 22.8 Å². The lowest BCUT2D eigenvalue weighted by molar-refractivity contribution is 0.491. The number of hydrazine groups is 1. The van der Waals surface area contributed by atoms with Crippen molar-refractivity contribution in [1.82, 2.24) is 15.2 Å². The summed E-state index contributed by atoms with van der Waals surface area (Å²) in [7, 11) is 0. The lowest BCUT2D eigenvalue weighted by atomic mass is 10.0. The molecule has 102 valence electrons. The Hall–Kier alpha value is -1.07. The van der Waals surface area contributed by atoms with Gasteiger partial charge in [-0.15, -0.1) is 0 Å². The lowest BCUT2D eigenvalue weighted by Gasteiger charge is -2.18. The van der Waals surface area contributed by atoms with Crippen LogP contribution in [0, 0.1) is 0 Å². The minimum absolute atomic E-state index is 0.0835. The summed E-state index contributed by atoms with van der Waals surface area (Å²) in [6.45, 7) is 2.82. The van der Waals surface area contributed by atoms with Crippen LogP contribution >= 0.6 is 23.2 Å². The van der Waals surface area contributed by atoms with Gasteiger partial charge < -0.3 is 0 Å². The molecule has 0 saturated carbocycles. The molecule has 0 saturated heterocycles. The molecule has 0 aliphatic heterocycles. The van der Waals surface area contributed by atoms with E-state index in [0.29, 0.717) is 16.5 Å². The Kier molecular flexibility index (Phi) is 4.82. The molecule has 19 heavy (non-hydrogen) atoms. The smallest absolute Gasteiger partial charge is 0.0670 e. The molecule has 0 spiro atoms. The first-order chi connectivity index (χ1) is 9.17. The second-order valence-corrected chi connectivity index (χ2v) is 5.01. The summed E-state index contributed by atoms with van der Waals surface area (Å²) in [6.07, 6.45) is 2.37. The van der Waals surface area contributed by atoms with E-state index >= 15 is 0 Å². The van der Waals surface area contributed by atoms with Crippen LogP contribution in [0.25, 0.3) is 0 Å². The van der Waals surface area contributed by atoms with Crippen LogP contribution < -0.4 is 11.3 Å². The molecule has 1 aromatic carbocycles. The molecule has 1 unspecified atom stereocenters. The number of aryl methyl sites for hydroxylation is 1. The van der Waals surface area contributed by atoms with Crippen molar-refractivity contribution in [1.29, 1.82) is 0 Å². The van der Waals surface area contributed by atoms with E-state index in [1.807, 2.05) is 35.9 Å². The van der Waals surface area contributed by atoms with E-state index in [2.05, 4.69) is 10.5 Å². The Morgan fingerprint density at radius 3 is 2.58 bits per heavy atom. The average molecular weight is 299 g/mol. The predicted octanol–water partition coefficient (Wildman–Crippen LogP) is 2.96. The fraction of sp³-hybridized carbons (Fsp3) is 0.308. The van der Waals surface area contributed by atoms with Gasteiger partial charge in [0.1, 0.15) is 0 Å². The van der Waals surface area contributed by atoms with Crippen LogP contribution in [-0.2, 0) is 13.0 Å². The zero-order valence-electron chi connectivity index (χ0n) is 10.6. The molecule has 1 aromatic heterocycles. The fourth-order valence-corrected chi connectivity index (χ4v) is 2.64. The molecule has 3 N–H and O–H groups in total. The normalized spacial score (nSPS) is 12.6. The van der Waals surface area contributed by atoms with E-state index in [-0.39, 0.29) is 6.04 Å². The summed E-state index contributed by atoms with van der Waals surface area (Å²) in [6, 6.07) is 7.34. The molecule has 2 aromatic rings. The molecule has 6 heteroatoms. The lowest BCUT2D eigenvalue weighted by Crippen LogP contribution is -2.31. The molecule has 0 radical (unpaired) electrons. The minimum atomic E-state index is -0.0835. The van der Waals surface area contributed by atoms with Gasteiger partial charge in [0.25, 0.3) is 0 Å². The zero-order chi connectivity index (χ0) is 13.8. The van der Waals surface area contributed by atoms with Gasteiger partial charge in [0.2, 0.25) is 0 Å². The first-order valence-electron chi connectivity index (χ1n) is 6.08.